The summed E-state index contributed by atoms with van der Waals surface area (Å²) < 4.78 is 59.0. The van der Waals surface area contributed by atoms with Crippen LogP contribution in [0.25, 0.3) is 0 Å². The van der Waals surface area contributed by atoms with Crippen molar-refractivity contribution in [2.45, 2.75) is 6.42 Å². The molecule has 0 spiro atoms. The zero-order valence-electron chi connectivity index (χ0n) is 16.4. The summed E-state index contributed by atoms with van der Waals surface area (Å²) in [6.45, 7) is 0.151. The lowest BCUT2D eigenvalue weighted by atomic mass is 10.00. The highest BCUT2D eigenvalue weighted by atomic mass is 32.2. The molecule has 11 heteroatoms. The number of carboxylic acid groups (broad SMARTS) is 1. The molecule has 29 heavy (non-hydrogen) atoms. The summed E-state index contributed by atoms with van der Waals surface area (Å²) in [7, 11) is -4.69. The predicted molar refractivity (Wildman–Crippen MR) is 107 cm³/mol. The Kier molecular flexibility index (Phi) is 9.90. The lowest BCUT2D eigenvalue weighted by Gasteiger charge is -2.17. The van der Waals surface area contributed by atoms with E-state index in [0.29, 0.717) is 0 Å². The molecule has 0 aliphatic rings. The van der Waals surface area contributed by atoms with Gasteiger partial charge in [0.1, 0.15) is 0 Å². The number of hydrogen-bond donors (Lipinski definition) is 1. The molecule has 1 unspecified atom stereocenters. The van der Waals surface area contributed by atoms with Crippen LogP contribution in [0.2, 0.25) is 0 Å². The summed E-state index contributed by atoms with van der Waals surface area (Å²) in [5, 5.41) is 8.95. The van der Waals surface area contributed by atoms with Crippen molar-refractivity contribution < 1.29 is 41.0 Å². The van der Waals surface area contributed by atoms with Gasteiger partial charge in [-0.15, -0.1) is 0 Å². The lowest BCUT2D eigenvalue weighted by molar-refractivity contribution is 0.0696. The van der Waals surface area contributed by atoms with Crippen LogP contribution in [0.1, 0.15) is 27.1 Å². The molecule has 0 saturated carbocycles. The van der Waals surface area contributed by atoms with Crippen LogP contribution in [0.5, 0.6) is 0 Å². The van der Waals surface area contributed by atoms with Crippen LogP contribution in [0.15, 0.2) is 24.3 Å². The summed E-state index contributed by atoms with van der Waals surface area (Å²) in [5.74, 6) is -4.99. The topological polar surface area (TPSA) is 141 Å². The first-order valence-corrected chi connectivity index (χ1v) is 12.4. The van der Waals surface area contributed by atoms with Crippen molar-refractivity contribution in [1.29, 1.82) is 0 Å². The van der Waals surface area contributed by atoms with Gasteiger partial charge in [-0.25, -0.2) is 21.6 Å². The monoisotopic (exact) mass is 450 g/mol. The fourth-order valence-electron chi connectivity index (χ4n) is 2.63. The van der Waals surface area contributed by atoms with Gasteiger partial charge >= 0.3 is 5.97 Å². The van der Waals surface area contributed by atoms with Crippen molar-refractivity contribution in [3.05, 3.63) is 35.4 Å². The van der Waals surface area contributed by atoms with E-state index >= 15 is 0 Å². The molecule has 0 radical (unpaired) electrons. The molecule has 0 amide bonds. The van der Waals surface area contributed by atoms with Crippen LogP contribution in [-0.4, -0.2) is 84.1 Å². The highest BCUT2D eigenvalue weighted by molar-refractivity contribution is 7.92. The number of ether oxygens (including phenoxy) is 2. The van der Waals surface area contributed by atoms with Gasteiger partial charge in [-0.3, -0.25) is 4.79 Å². The van der Waals surface area contributed by atoms with E-state index in [9.17, 15) is 26.4 Å². The molecule has 0 aromatic heterocycles. The Balaban J connectivity index is 3.11. The lowest BCUT2D eigenvalue weighted by Crippen LogP contribution is -2.33. The minimum absolute atomic E-state index is 0.0435. The maximum atomic E-state index is 12.9. The van der Waals surface area contributed by atoms with Crippen LogP contribution in [0, 0.1) is 5.92 Å². The molecule has 1 aromatic rings. The normalized spacial score (nSPS) is 13.2. The highest BCUT2D eigenvalue weighted by Crippen LogP contribution is 2.17. The third kappa shape index (κ3) is 9.03. The van der Waals surface area contributed by atoms with Crippen molar-refractivity contribution in [3.63, 3.8) is 0 Å². The van der Waals surface area contributed by atoms with Gasteiger partial charge in [-0.2, -0.15) is 0 Å². The summed E-state index contributed by atoms with van der Waals surface area (Å²) >= 11 is 0. The molecule has 0 aliphatic carbocycles. The Bertz CT molecular complexity index is 888. The van der Waals surface area contributed by atoms with E-state index in [0.717, 1.165) is 0 Å². The van der Waals surface area contributed by atoms with E-state index in [1.165, 1.54) is 38.5 Å². The zero-order valence-corrected chi connectivity index (χ0v) is 18.0. The maximum Gasteiger partial charge on any atom is 0.335 e. The fraction of sp³-hybridized carbons (Fsp3) is 0.556. The van der Waals surface area contributed by atoms with Crippen LogP contribution in [0.3, 0.4) is 0 Å². The number of benzene rings is 1. The Hall–Kier alpha value is -1.82. The third-order valence-corrected chi connectivity index (χ3v) is 7.62. The molecule has 0 heterocycles. The number of hydrogen-bond acceptors (Lipinski definition) is 8. The molecule has 1 atom stereocenters. The molecule has 0 fully saturated rings. The Morgan fingerprint density at radius 3 is 1.83 bits per heavy atom. The van der Waals surface area contributed by atoms with Gasteiger partial charge in [0.05, 0.1) is 41.1 Å². The second kappa shape index (κ2) is 11.4. The number of sulfone groups is 2. The van der Waals surface area contributed by atoms with E-state index in [1.807, 2.05) is 0 Å². The number of aromatic carboxylic acids is 1. The molecule has 1 N–H and O–H groups in total. The van der Waals surface area contributed by atoms with Gasteiger partial charge in [-0.05, 0) is 18.6 Å². The van der Waals surface area contributed by atoms with Gasteiger partial charge in [0.2, 0.25) is 0 Å². The number of methoxy groups -OCH3 is 2. The van der Waals surface area contributed by atoms with E-state index in [1.54, 1.807) is 0 Å². The summed E-state index contributed by atoms with van der Waals surface area (Å²) in [5.41, 5.74) is 0.00652. The molecular weight excluding hydrogens is 424 g/mol. The molecule has 1 rings (SSSR count). The van der Waals surface area contributed by atoms with Gasteiger partial charge in [0, 0.05) is 26.4 Å². The maximum absolute atomic E-state index is 12.9. The number of ketones is 1. The Morgan fingerprint density at radius 1 is 0.862 bits per heavy atom. The average molecular weight is 451 g/mol. The van der Waals surface area contributed by atoms with Crippen molar-refractivity contribution in [3.8, 4) is 0 Å². The number of rotatable bonds is 14. The highest BCUT2D eigenvalue weighted by Gasteiger charge is 2.31. The van der Waals surface area contributed by atoms with Gasteiger partial charge in [0.25, 0.3) is 0 Å². The molecule has 0 aliphatic heterocycles. The van der Waals surface area contributed by atoms with Crippen LogP contribution in [-0.2, 0) is 29.1 Å². The van der Waals surface area contributed by atoms with Gasteiger partial charge in [-0.1, -0.05) is 12.1 Å². The zero-order chi connectivity index (χ0) is 22.1. The summed E-state index contributed by atoms with van der Waals surface area (Å²) in [6, 6.07) is 4.91. The average Bonchev–Trinajstić information content (AvgIpc) is 2.65. The van der Waals surface area contributed by atoms with E-state index in [2.05, 4.69) is 0 Å². The molecular formula is C18H26O9S2. The van der Waals surface area contributed by atoms with E-state index < -0.39 is 48.9 Å². The van der Waals surface area contributed by atoms with Crippen LogP contribution < -0.4 is 0 Å². The SMILES string of the molecule is COCCCS(=O)(=O)CC(CS(=O)(=O)CCOC)C(=O)c1ccc(C(=O)O)cc1. The molecule has 0 saturated heterocycles. The number of carbonyl (C=O) groups is 2. The number of carboxylic acids is 1. The van der Waals surface area contributed by atoms with Crippen LogP contribution >= 0.6 is 0 Å². The van der Waals surface area contributed by atoms with Crippen molar-refractivity contribution in [2.75, 3.05) is 50.4 Å². The fourth-order valence-corrected chi connectivity index (χ4v) is 5.85. The number of Topliss-reactive ketones (excluding diaryl/α,β-unsaturated/α-hetero) is 1. The number of carbonyl (C=O) groups excluding carboxylic acids is 1. The van der Waals surface area contributed by atoms with Crippen LogP contribution in [0.4, 0.5) is 0 Å². The van der Waals surface area contributed by atoms with Gasteiger partial charge < -0.3 is 14.6 Å². The summed E-state index contributed by atoms with van der Waals surface area (Å²) in [4.78, 5) is 23.8. The molecule has 9 nitrogen and oxygen atoms in total. The third-order valence-electron chi connectivity index (χ3n) is 4.10. The first kappa shape index (κ1) is 25.2. The van der Waals surface area contributed by atoms with Crippen molar-refractivity contribution in [1.82, 2.24) is 0 Å². The van der Waals surface area contributed by atoms with Gasteiger partial charge in [0.15, 0.2) is 25.5 Å². The smallest absolute Gasteiger partial charge is 0.335 e. The van der Waals surface area contributed by atoms with E-state index in [4.69, 9.17) is 14.6 Å². The minimum atomic E-state index is -3.74. The van der Waals surface area contributed by atoms with Crippen molar-refractivity contribution >= 4 is 31.4 Å². The Labute approximate surface area is 170 Å². The standard InChI is InChI=1S/C18H26O9S2/c1-26-8-3-10-28(22,23)12-16(13-29(24,25)11-9-27-2)17(19)14-4-6-15(7-5-14)18(20)21/h4-7,16H,3,8-13H2,1-2H3,(H,20,21). The van der Waals surface area contributed by atoms with E-state index in [-0.39, 0.29) is 42.3 Å². The second-order valence-electron chi connectivity index (χ2n) is 6.51. The Morgan fingerprint density at radius 2 is 1.34 bits per heavy atom. The minimum Gasteiger partial charge on any atom is -0.478 e. The summed E-state index contributed by atoms with van der Waals surface area (Å²) in [6.07, 6.45) is 0.226. The first-order chi connectivity index (χ1) is 13.5. The predicted octanol–water partition coefficient (Wildman–Crippen LogP) is 0.696. The first-order valence-electron chi connectivity index (χ1n) is 8.77. The molecule has 1 aromatic carbocycles. The molecule has 0 bridgehead atoms. The second-order valence-corrected chi connectivity index (χ2v) is 11.0. The quantitative estimate of drug-likeness (QED) is 0.320. The largest absolute Gasteiger partial charge is 0.478 e. The van der Waals surface area contributed by atoms with Crippen molar-refractivity contribution in [2.24, 2.45) is 5.92 Å². The molecule has 164 valence electrons.